The molecule has 0 saturated heterocycles. The topological polar surface area (TPSA) is 47.0 Å². The minimum absolute atomic E-state index is 0.598. The van der Waals surface area contributed by atoms with Gasteiger partial charge in [-0.15, -0.1) is 0 Å². The lowest BCUT2D eigenvalue weighted by molar-refractivity contribution is 0.394. The molecule has 0 amide bonds. The number of fused-ring (bicyclic) bond motifs is 5. The van der Waals surface area contributed by atoms with E-state index in [-0.39, 0.29) is 0 Å². The Hall–Kier alpha value is -0.840. The van der Waals surface area contributed by atoms with Gasteiger partial charge in [0, 0.05) is 6.04 Å². The first-order chi connectivity index (χ1) is 8.78. The largest absolute Gasteiger partial charge is 0.480 e. The molecule has 3 saturated carbocycles. The number of halogens is 1. The second-order valence-electron chi connectivity index (χ2n) is 5.71. The Balaban J connectivity index is 1.50. The minimum Gasteiger partial charge on any atom is -0.480 e. The van der Waals surface area contributed by atoms with E-state index in [4.69, 9.17) is 4.74 Å². The second kappa shape index (κ2) is 3.83. The van der Waals surface area contributed by atoms with Crippen molar-refractivity contribution in [1.82, 2.24) is 9.97 Å². The highest BCUT2D eigenvalue weighted by Gasteiger charge is 2.65. The number of nitrogens with zero attached hydrogens (tertiary/aromatic N) is 2. The van der Waals surface area contributed by atoms with E-state index in [0.717, 1.165) is 28.1 Å². The monoisotopic (exact) mass is 309 g/mol. The van der Waals surface area contributed by atoms with Crippen molar-refractivity contribution in [2.24, 2.45) is 23.7 Å². The number of hydrogen-bond acceptors (Lipinski definition) is 4. The Morgan fingerprint density at radius 3 is 2.72 bits per heavy atom. The molecule has 4 nitrogen and oxygen atoms in total. The van der Waals surface area contributed by atoms with Gasteiger partial charge >= 0.3 is 0 Å². The van der Waals surface area contributed by atoms with Crippen LogP contribution in [0.5, 0.6) is 5.88 Å². The highest BCUT2D eigenvalue weighted by Crippen LogP contribution is 2.66. The van der Waals surface area contributed by atoms with Crippen LogP contribution >= 0.6 is 15.9 Å². The maximum atomic E-state index is 5.20. The first-order valence-electron chi connectivity index (χ1n) is 6.61. The Bertz CT molecular complexity index is 479. The van der Waals surface area contributed by atoms with Gasteiger partial charge in [0.25, 0.3) is 0 Å². The van der Waals surface area contributed by atoms with Gasteiger partial charge in [0.05, 0.1) is 17.8 Å². The molecule has 1 heterocycles. The number of ether oxygens (including phenoxy) is 1. The summed E-state index contributed by atoms with van der Waals surface area (Å²) in [5, 5.41) is 3.50. The Kier molecular flexibility index (Phi) is 2.34. The third-order valence-electron chi connectivity index (χ3n) is 4.94. The number of nitrogens with one attached hydrogen (secondary N) is 1. The van der Waals surface area contributed by atoms with Crippen molar-refractivity contribution in [3.05, 3.63) is 10.7 Å². The summed E-state index contributed by atoms with van der Waals surface area (Å²) in [4.78, 5) is 8.69. The minimum atomic E-state index is 0.598. The van der Waals surface area contributed by atoms with Crippen LogP contribution in [0.4, 0.5) is 5.95 Å². The lowest BCUT2D eigenvalue weighted by Gasteiger charge is -2.11. The van der Waals surface area contributed by atoms with Crippen LogP contribution in [-0.4, -0.2) is 23.1 Å². The van der Waals surface area contributed by atoms with Gasteiger partial charge < -0.3 is 10.1 Å². The van der Waals surface area contributed by atoms with Crippen molar-refractivity contribution in [2.75, 3.05) is 12.4 Å². The zero-order valence-electron chi connectivity index (χ0n) is 10.3. The summed E-state index contributed by atoms with van der Waals surface area (Å²) < 4.78 is 6.00. The van der Waals surface area contributed by atoms with E-state index in [1.54, 1.807) is 13.3 Å². The SMILES string of the molecule is COc1nc(NC2C3C4CCC(C4)C23)ncc1Br. The quantitative estimate of drug-likeness (QED) is 0.932. The van der Waals surface area contributed by atoms with Gasteiger partial charge in [-0.05, 0) is 58.9 Å². The number of rotatable bonds is 3. The summed E-state index contributed by atoms with van der Waals surface area (Å²) in [7, 11) is 1.63. The Labute approximate surface area is 115 Å². The fraction of sp³-hybridized carbons (Fsp3) is 0.692. The zero-order chi connectivity index (χ0) is 12.3. The molecule has 4 unspecified atom stereocenters. The van der Waals surface area contributed by atoms with Crippen molar-refractivity contribution in [1.29, 1.82) is 0 Å². The van der Waals surface area contributed by atoms with Gasteiger partial charge in [-0.2, -0.15) is 4.98 Å². The van der Waals surface area contributed by atoms with E-state index < -0.39 is 0 Å². The number of hydrogen-bond donors (Lipinski definition) is 1. The number of anilines is 1. The second-order valence-corrected chi connectivity index (χ2v) is 6.56. The molecular formula is C13H16BrN3O. The van der Waals surface area contributed by atoms with Crippen LogP contribution in [-0.2, 0) is 0 Å². The predicted molar refractivity (Wildman–Crippen MR) is 71.5 cm³/mol. The molecule has 0 aromatic carbocycles. The molecule has 1 aromatic heterocycles. The Morgan fingerprint density at radius 1 is 1.33 bits per heavy atom. The van der Waals surface area contributed by atoms with Gasteiger partial charge in [-0.3, -0.25) is 0 Å². The van der Waals surface area contributed by atoms with E-state index >= 15 is 0 Å². The van der Waals surface area contributed by atoms with E-state index in [9.17, 15) is 0 Å². The van der Waals surface area contributed by atoms with Gasteiger partial charge in [0.2, 0.25) is 11.8 Å². The lowest BCUT2D eigenvalue weighted by Crippen LogP contribution is -2.14. The first-order valence-corrected chi connectivity index (χ1v) is 7.40. The van der Waals surface area contributed by atoms with E-state index in [1.807, 2.05) is 0 Å². The number of aromatic nitrogens is 2. The standard InChI is InChI=1S/C13H16BrN3O/c1-18-12-8(14)5-15-13(17-12)16-11-9-6-2-3-7(4-6)10(9)11/h5-7,9-11H,2-4H2,1H3,(H,15,16,17). The highest BCUT2D eigenvalue weighted by molar-refractivity contribution is 9.10. The van der Waals surface area contributed by atoms with Gasteiger partial charge in [-0.25, -0.2) is 4.98 Å². The van der Waals surface area contributed by atoms with Crippen LogP contribution in [0.2, 0.25) is 0 Å². The molecule has 2 bridgehead atoms. The average Bonchev–Trinajstić information content (AvgIpc) is 2.78. The molecule has 4 atom stereocenters. The average molecular weight is 310 g/mol. The molecule has 1 aromatic rings. The van der Waals surface area contributed by atoms with E-state index in [0.29, 0.717) is 17.9 Å². The van der Waals surface area contributed by atoms with E-state index in [2.05, 4.69) is 31.2 Å². The molecular weight excluding hydrogens is 294 g/mol. The molecule has 0 radical (unpaired) electrons. The van der Waals surface area contributed by atoms with Crippen LogP contribution in [0.15, 0.2) is 10.7 Å². The van der Waals surface area contributed by atoms with Gasteiger partial charge in [-0.1, -0.05) is 0 Å². The molecule has 0 spiro atoms. The van der Waals surface area contributed by atoms with Crippen molar-refractivity contribution in [3.8, 4) is 5.88 Å². The lowest BCUT2D eigenvalue weighted by atomic mass is 10.0. The Morgan fingerprint density at radius 2 is 2.06 bits per heavy atom. The molecule has 3 fully saturated rings. The summed E-state index contributed by atoms with van der Waals surface area (Å²) in [5.41, 5.74) is 0. The van der Waals surface area contributed by atoms with Crippen LogP contribution in [0.3, 0.4) is 0 Å². The van der Waals surface area contributed by atoms with Crippen molar-refractivity contribution < 1.29 is 4.74 Å². The fourth-order valence-electron chi connectivity index (χ4n) is 4.23. The fourth-order valence-corrected chi connectivity index (χ4v) is 4.58. The van der Waals surface area contributed by atoms with Crippen molar-refractivity contribution in [2.45, 2.75) is 25.3 Å². The van der Waals surface area contributed by atoms with Crippen LogP contribution < -0.4 is 10.1 Å². The zero-order valence-corrected chi connectivity index (χ0v) is 11.9. The summed E-state index contributed by atoms with van der Waals surface area (Å²) >= 11 is 3.37. The first kappa shape index (κ1) is 11.0. The summed E-state index contributed by atoms with van der Waals surface area (Å²) in [5.74, 6) is 5.02. The molecule has 18 heavy (non-hydrogen) atoms. The highest BCUT2D eigenvalue weighted by atomic mass is 79.9. The third-order valence-corrected chi connectivity index (χ3v) is 5.48. The summed E-state index contributed by atoms with van der Waals surface area (Å²) in [6.07, 6.45) is 6.10. The number of methoxy groups -OCH3 is 1. The normalized spacial score (nSPS) is 39.6. The van der Waals surface area contributed by atoms with Crippen LogP contribution in [0, 0.1) is 23.7 Å². The predicted octanol–water partition coefficient (Wildman–Crippen LogP) is 2.70. The molecule has 96 valence electrons. The molecule has 0 aliphatic heterocycles. The maximum Gasteiger partial charge on any atom is 0.232 e. The van der Waals surface area contributed by atoms with Gasteiger partial charge in [0.15, 0.2) is 0 Å². The molecule has 1 N–H and O–H groups in total. The summed E-state index contributed by atoms with van der Waals surface area (Å²) in [6.45, 7) is 0. The molecule has 4 rings (SSSR count). The maximum absolute atomic E-state index is 5.20. The van der Waals surface area contributed by atoms with E-state index in [1.165, 1.54) is 19.3 Å². The molecule has 3 aliphatic rings. The molecule has 5 heteroatoms. The third kappa shape index (κ3) is 1.49. The van der Waals surface area contributed by atoms with Crippen molar-refractivity contribution in [3.63, 3.8) is 0 Å². The summed E-state index contributed by atoms with van der Waals surface area (Å²) in [6, 6.07) is 0.613. The van der Waals surface area contributed by atoms with Crippen molar-refractivity contribution >= 4 is 21.9 Å². The molecule has 3 aliphatic carbocycles. The van der Waals surface area contributed by atoms with Gasteiger partial charge in [0.1, 0.15) is 0 Å². The van der Waals surface area contributed by atoms with Crippen LogP contribution in [0.25, 0.3) is 0 Å². The van der Waals surface area contributed by atoms with Crippen LogP contribution in [0.1, 0.15) is 19.3 Å². The smallest absolute Gasteiger partial charge is 0.232 e.